The molecule has 0 aromatic heterocycles. The van der Waals surface area contributed by atoms with Crippen molar-refractivity contribution < 1.29 is 4.39 Å². The summed E-state index contributed by atoms with van der Waals surface area (Å²) in [6.07, 6.45) is 0.883. The van der Waals surface area contributed by atoms with E-state index in [4.69, 9.17) is 11.6 Å². The fourth-order valence-corrected chi connectivity index (χ4v) is 2.79. The summed E-state index contributed by atoms with van der Waals surface area (Å²) in [7, 11) is 0. The van der Waals surface area contributed by atoms with Gasteiger partial charge in [-0.15, -0.1) is 0 Å². The Morgan fingerprint density at radius 2 is 2.11 bits per heavy atom. The first-order valence-electron chi connectivity index (χ1n) is 6.31. The molecular formula is C14H21ClFNS. The number of nitrogens with one attached hydrogen (secondary N) is 1. The third-order valence-corrected chi connectivity index (χ3v) is 4.14. The fourth-order valence-electron chi connectivity index (χ4n) is 1.74. The van der Waals surface area contributed by atoms with Gasteiger partial charge in [0.2, 0.25) is 0 Å². The summed E-state index contributed by atoms with van der Waals surface area (Å²) in [6.45, 7) is 7.44. The zero-order valence-electron chi connectivity index (χ0n) is 11.2. The van der Waals surface area contributed by atoms with Crippen molar-refractivity contribution in [3.05, 3.63) is 34.6 Å². The van der Waals surface area contributed by atoms with E-state index in [1.54, 1.807) is 6.07 Å². The Morgan fingerprint density at radius 1 is 1.39 bits per heavy atom. The monoisotopic (exact) mass is 289 g/mol. The van der Waals surface area contributed by atoms with E-state index in [-0.39, 0.29) is 10.8 Å². The van der Waals surface area contributed by atoms with Crippen LogP contribution in [0.5, 0.6) is 0 Å². The third kappa shape index (κ3) is 5.59. The first-order valence-corrected chi connectivity index (χ1v) is 7.74. The molecular weight excluding hydrogens is 269 g/mol. The number of likely N-dealkylation sites (N-methyl/N-ethyl adjacent to an activating group) is 1. The Bertz CT molecular complexity index is 371. The zero-order chi connectivity index (χ0) is 13.5. The first-order chi connectivity index (χ1) is 8.52. The molecule has 4 heteroatoms. The third-order valence-electron chi connectivity index (χ3n) is 2.59. The molecule has 18 heavy (non-hydrogen) atoms. The second kappa shape index (κ2) is 8.03. The topological polar surface area (TPSA) is 12.0 Å². The van der Waals surface area contributed by atoms with E-state index in [0.717, 1.165) is 24.3 Å². The van der Waals surface area contributed by atoms with Crippen molar-refractivity contribution in [3.8, 4) is 0 Å². The lowest BCUT2D eigenvalue weighted by Gasteiger charge is -2.19. The smallest absolute Gasteiger partial charge is 0.141 e. The van der Waals surface area contributed by atoms with Crippen molar-refractivity contribution in [3.63, 3.8) is 0 Å². The van der Waals surface area contributed by atoms with Gasteiger partial charge in [0.15, 0.2) is 0 Å². The predicted octanol–water partition coefficient (Wildman–Crippen LogP) is 4.14. The molecule has 1 aromatic rings. The summed E-state index contributed by atoms with van der Waals surface area (Å²) in [5, 5.41) is 4.30. The average Bonchev–Trinajstić information content (AvgIpc) is 2.31. The highest BCUT2D eigenvalue weighted by atomic mass is 35.5. The van der Waals surface area contributed by atoms with Crippen molar-refractivity contribution in [1.82, 2.24) is 5.32 Å². The molecule has 0 heterocycles. The molecule has 0 fully saturated rings. The number of benzene rings is 1. The lowest BCUT2D eigenvalue weighted by Crippen LogP contribution is -2.33. The standard InChI is InChI=1S/C14H21ClFNS/c1-4-17-12(9-18-10(2)3)7-11-5-6-14(16)13(15)8-11/h5-6,8,10,12,17H,4,7,9H2,1-3H3. The molecule has 102 valence electrons. The second-order valence-electron chi connectivity index (χ2n) is 4.59. The predicted molar refractivity (Wildman–Crippen MR) is 80.2 cm³/mol. The van der Waals surface area contributed by atoms with Gasteiger partial charge < -0.3 is 5.32 Å². The largest absolute Gasteiger partial charge is 0.313 e. The molecule has 1 N–H and O–H groups in total. The molecule has 0 saturated heterocycles. The number of halogens is 2. The minimum absolute atomic E-state index is 0.208. The minimum atomic E-state index is -0.350. The van der Waals surface area contributed by atoms with Gasteiger partial charge in [-0.05, 0) is 35.9 Å². The molecule has 1 aromatic carbocycles. The second-order valence-corrected chi connectivity index (χ2v) is 6.61. The Hall–Kier alpha value is -0.250. The maximum absolute atomic E-state index is 13.1. The van der Waals surface area contributed by atoms with Crippen molar-refractivity contribution in [2.75, 3.05) is 12.3 Å². The van der Waals surface area contributed by atoms with Gasteiger partial charge in [-0.2, -0.15) is 11.8 Å². The van der Waals surface area contributed by atoms with Crippen molar-refractivity contribution in [2.24, 2.45) is 0 Å². The summed E-state index contributed by atoms with van der Waals surface area (Å²) in [5.41, 5.74) is 1.08. The molecule has 0 bridgehead atoms. The maximum Gasteiger partial charge on any atom is 0.141 e. The molecule has 0 aliphatic heterocycles. The number of rotatable bonds is 7. The fraction of sp³-hybridized carbons (Fsp3) is 0.571. The van der Waals surface area contributed by atoms with Gasteiger partial charge in [-0.3, -0.25) is 0 Å². The molecule has 0 saturated carbocycles. The molecule has 1 nitrogen and oxygen atoms in total. The van der Waals surface area contributed by atoms with E-state index in [1.807, 2.05) is 17.8 Å². The molecule has 0 aliphatic rings. The number of thioether (sulfide) groups is 1. The molecule has 1 rings (SSSR count). The van der Waals surface area contributed by atoms with Crippen LogP contribution < -0.4 is 5.32 Å². The highest BCUT2D eigenvalue weighted by Crippen LogP contribution is 2.19. The van der Waals surface area contributed by atoms with Crippen LogP contribution in [0.4, 0.5) is 4.39 Å². The van der Waals surface area contributed by atoms with Gasteiger partial charge in [0, 0.05) is 11.8 Å². The van der Waals surface area contributed by atoms with Crippen LogP contribution in [0.3, 0.4) is 0 Å². The van der Waals surface area contributed by atoms with E-state index in [9.17, 15) is 4.39 Å². The summed E-state index contributed by atoms with van der Waals surface area (Å²) in [4.78, 5) is 0. The summed E-state index contributed by atoms with van der Waals surface area (Å²) < 4.78 is 13.1. The van der Waals surface area contributed by atoms with Gasteiger partial charge in [-0.25, -0.2) is 4.39 Å². The van der Waals surface area contributed by atoms with Crippen LogP contribution in [0.15, 0.2) is 18.2 Å². The van der Waals surface area contributed by atoms with Crippen LogP contribution in [-0.2, 0) is 6.42 Å². The zero-order valence-corrected chi connectivity index (χ0v) is 12.7. The SMILES string of the molecule is CCNC(CSC(C)C)Cc1ccc(F)c(Cl)c1. The van der Waals surface area contributed by atoms with Crippen LogP contribution in [0.25, 0.3) is 0 Å². The van der Waals surface area contributed by atoms with Crippen LogP contribution in [0, 0.1) is 5.82 Å². The van der Waals surface area contributed by atoms with Crippen molar-refractivity contribution in [2.45, 2.75) is 38.5 Å². The van der Waals surface area contributed by atoms with E-state index in [0.29, 0.717) is 11.3 Å². The van der Waals surface area contributed by atoms with Crippen LogP contribution in [0.1, 0.15) is 26.3 Å². The molecule has 1 unspecified atom stereocenters. The molecule has 0 aliphatic carbocycles. The summed E-state index contributed by atoms with van der Waals surface area (Å²) >= 11 is 7.74. The van der Waals surface area contributed by atoms with Gasteiger partial charge in [0.25, 0.3) is 0 Å². The maximum atomic E-state index is 13.1. The van der Waals surface area contributed by atoms with E-state index >= 15 is 0 Å². The molecule has 0 spiro atoms. The quantitative estimate of drug-likeness (QED) is 0.809. The van der Waals surface area contributed by atoms with Gasteiger partial charge in [0.1, 0.15) is 5.82 Å². The molecule has 0 amide bonds. The number of hydrogen-bond acceptors (Lipinski definition) is 2. The van der Waals surface area contributed by atoms with E-state index in [1.165, 1.54) is 6.07 Å². The lowest BCUT2D eigenvalue weighted by atomic mass is 10.1. The molecule has 0 radical (unpaired) electrons. The Kier molecular flexibility index (Phi) is 7.05. The Morgan fingerprint density at radius 3 is 2.67 bits per heavy atom. The highest BCUT2D eigenvalue weighted by molar-refractivity contribution is 7.99. The average molecular weight is 290 g/mol. The Labute approximate surface area is 118 Å². The number of hydrogen-bond donors (Lipinski definition) is 1. The van der Waals surface area contributed by atoms with Crippen molar-refractivity contribution in [1.29, 1.82) is 0 Å². The van der Waals surface area contributed by atoms with Crippen LogP contribution in [0.2, 0.25) is 5.02 Å². The molecule has 1 atom stereocenters. The van der Waals surface area contributed by atoms with Gasteiger partial charge in [-0.1, -0.05) is 38.4 Å². The lowest BCUT2D eigenvalue weighted by molar-refractivity contribution is 0.570. The summed E-state index contributed by atoms with van der Waals surface area (Å²) in [5.74, 6) is 0.706. The van der Waals surface area contributed by atoms with Crippen LogP contribution >= 0.6 is 23.4 Å². The normalized spacial score (nSPS) is 13.0. The van der Waals surface area contributed by atoms with E-state index in [2.05, 4.69) is 26.1 Å². The minimum Gasteiger partial charge on any atom is -0.313 e. The van der Waals surface area contributed by atoms with Gasteiger partial charge >= 0.3 is 0 Å². The Balaban J connectivity index is 2.61. The highest BCUT2D eigenvalue weighted by Gasteiger charge is 2.11. The van der Waals surface area contributed by atoms with E-state index < -0.39 is 0 Å². The summed E-state index contributed by atoms with van der Waals surface area (Å²) in [6, 6.07) is 5.38. The first kappa shape index (κ1) is 15.8. The van der Waals surface area contributed by atoms with Crippen molar-refractivity contribution >= 4 is 23.4 Å². The van der Waals surface area contributed by atoms with Gasteiger partial charge in [0.05, 0.1) is 5.02 Å². The van der Waals surface area contributed by atoms with Crippen LogP contribution in [-0.4, -0.2) is 23.6 Å².